The number of methoxy groups -OCH3 is 3. The summed E-state index contributed by atoms with van der Waals surface area (Å²) in [4.78, 5) is 25.0. The fourth-order valence-corrected chi connectivity index (χ4v) is 3.40. The van der Waals surface area contributed by atoms with Crippen molar-refractivity contribution < 1.29 is 33.3 Å². The second kappa shape index (κ2) is 11.7. The van der Waals surface area contributed by atoms with Gasteiger partial charge in [0.25, 0.3) is 5.91 Å². The Kier molecular flexibility index (Phi) is 8.48. The molecule has 9 heteroatoms. The number of nitriles is 1. The molecule has 1 atom stereocenters. The van der Waals surface area contributed by atoms with Gasteiger partial charge in [0.1, 0.15) is 11.6 Å². The highest BCUT2D eigenvalue weighted by molar-refractivity contribution is 6.01. The van der Waals surface area contributed by atoms with Crippen LogP contribution in [-0.2, 0) is 9.53 Å². The van der Waals surface area contributed by atoms with Crippen molar-refractivity contribution in [2.24, 2.45) is 0 Å². The van der Waals surface area contributed by atoms with Crippen molar-refractivity contribution in [3.05, 3.63) is 53.1 Å². The summed E-state index contributed by atoms with van der Waals surface area (Å²) in [5, 5.41) is 12.1. The lowest BCUT2D eigenvalue weighted by atomic mass is 10.1. The summed E-state index contributed by atoms with van der Waals surface area (Å²) in [5.41, 5.74) is 0.736. The molecule has 2 aromatic rings. The molecular formula is C25H26N2O7. The van der Waals surface area contributed by atoms with E-state index in [1.807, 2.05) is 6.07 Å². The van der Waals surface area contributed by atoms with Crippen LogP contribution in [0, 0.1) is 11.3 Å². The third-order valence-electron chi connectivity index (χ3n) is 5.20. The van der Waals surface area contributed by atoms with Gasteiger partial charge in [0.05, 0.1) is 33.0 Å². The summed E-state index contributed by atoms with van der Waals surface area (Å²) in [6.45, 7) is 1.04. The van der Waals surface area contributed by atoms with Gasteiger partial charge in [0.15, 0.2) is 23.0 Å². The molecule has 0 radical (unpaired) electrons. The molecule has 1 aliphatic rings. The van der Waals surface area contributed by atoms with E-state index >= 15 is 0 Å². The number of nitrogens with one attached hydrogen (secondary N) is 1. The lowest BCUT2D eigenvalue weighted by molar-refractivity contribution is -0.117. The number of rotatable bonds is 9. The molecule has 0 bridgehead atoms. The first-order chi connectivity index (χ1) is 16.5. The molecule has 0 unspecified atom stereocenters. The van der Waals surface area contributed by atoms with E-state index in [1.54, 1.807) is 24.3 Å². The lowest BCUT2D eigenvalue weighted by Gasteiger charge is -2.12. The Morgan fingerprint density at radius 1 is 1.06 bits per heavy atom. The van der Waals surface area contributed by atoms with Gasteiger partial charge in [0.2, 0.25) is 0 Å². The van der Waals surface area contributed by atoms with Crippen molar-refractivity contribution in [3.8, 4) is 29.1 Å². The van der Waals surface area contributed by atoms with Gasteiger partial charge in [-0.05, 0) is 54.8 Å². The van der Waals surface area contributed by atoms with Gasteiger partial charge in [-0.25, -0.2) is 4.79 Å². The molecule has 1 aliphatic heterocycles. The van der Waals surface area contributed by atoms with Crippen molar-refractivity contribution in [1.29, 1.82) is 5.26 Å². The molecule has 2 aromatic carbocycles. The summed E-state index contributed by atoms with van der Waals surface area (Å²) < 4.78 is 26.7. The highest BCUT2D eigenvalue weighted by Gasteiger charge is 2.19. The van der Waals surface area contributed by atoms with E-state index in [9.17, 15) is 14.9 Å². The molecule has 3 rings (SSSR count). The first-order valence-electron chi connectivity index (χ1n) is 10.6. The summed E-state index contributed by atoms with van der Waals surface area (Å²) in [5.74, 6) is 0.224. The SMILES string of the molecule is COc1ccc(C(=O)Oc2ccc(/C=C(\C#N)C(=O)NC[C@H]3CCCO3)cc2OC)cc1OC. The lowest BCUT2D eigenvalue weighted by Crippen LogP contribution is -2.32. The molecule has 0 spiro atoms. The average Bonchev–Trinajstić information content (AvgIpc) is 3.39. The van der Waals surface area contributed by atoms with Crippen molar-refractivity contribution in [1.82, 2.24) is 5.32 Å². The molecule has 1 heterocycles. The minimum Gasteiger partial charge on any atom is -0.493 e. The molecule has 0 aromatic heterocycles. The average molecular weight is 466 g/mol. The Labute approximate surface area is 197 Å². The Bertz CT molecular complexity index is 1110. The second-order valence-corrected chi connectivity index (χ2v) is 7.38. The minimum absolute atomic E-state index is 0.0244. The number of amides is 1. The third kappa shape index (κ3) is 6.05. The summed E-state index contributed by atoms with van der Waals surface area (Å²) in [6, 6.07) is 11.3. The van der Waals surface area contributed by atoms with E-state index < -0.39 is 11.9 Å². The van der Waals surface area contributed by atoms with Crippen molar-refractivity contribution in [3.63, 3.8) is 0 Å². The number of benzene rings is 2. The zero-order valence-electron chi connectivity index (χ0n) is 19.3. The van der Waals surface area contributed by atoms with Crippen LogP contribution in [0.25, 0.3) is 6.08 Å². The van der Waals surface area contributed by atoms with Gasteiger partial charge in [0, 0.05) is 13.2 Å². The Balaban J connectivity index is 1.73. The fraction of sp³-hybridized carbons (Fsp3) is 0.320. The first kappa shape index (κ1) is 24.6. The molecule has 1 N–H and O–H groups in total. The quantitative estimate of drug-likeness (QED) is 0.259. The van der Waals surface area contributed by atoms with Crippen LogP contribution in [0.5, 0.6) is 23.0 Å². The third-order valence-corrected chi connectivity index (χ3v) is 5.20. The monoisotopic (exact) mass is 466 g/mol. The van der Waals surface area contributed by atoms with Crippen LogP contribution in [0.3, 0.4) is 0 Å². The van der Waals surface area contributed by atoms with Gasteiger partial charge in [-0.3, -0.25) is 4.79 Å². The molecular weight excluding hydrogens is 440 g/mol. The normalized spacial score (nSPS) is 15.2. The van der Waals surface area contributed by atoms with Crippen LogP contribution in [0.1, 0.15) is 28.8 Å². The van der Waals surface area contributed by atoms with Crippen molar-refractivity contribution >= 4 is 18.0 Å². The number of hydrogen-bond donors (Lipinski definition) is 1. The maximum Gasteiger partial charge on any atom is 0.343 e. The van der Waals surface area contributed by atoms with Gasteiger partial charge in [-0.15, -0.1) is 0 Å². The Hall–Kier alpha value is -4.03. The van der Waals surface area contributed by atoms with Gasteiger partial charge >= 0.3 is 5.97 Å². The van der Waals surface area contributed by atoms with Crippen LogP contribution in [-0.4, -0.2) is 52.5 Å². The molecule has 1 amide bonds. The molecule has 0 aliphatic carbocycles. The molecule has 0 saturated carbocycles. The predicted molar refractivity (Wildman–Crippen MR) is 123 cm³/mol. The first-order valence-corrected chi connectivity index (χ1v) is 10.6. The summed E-state index contributed by atoms with van der Waals surface area (Å²) in [7, 11) is 4.40. The zero-order valence-corrected chi connectivity index (χ0v) is 19.3. The molecule has 178 valence electrons. The molecule has 9 nitrogen and oxygen atoms in total. The smallest absolute Gasteiger partial charge is 0.343 e. The van der Waals surface area contributed by atoms with Crippen LogP contribution >= 0.6 is 0 Å². The summed E-state index contributed by atoms with van der Waals surface area (Å²) in [6.07, 6.45) is 3.26. The van der Waals surface area contributed by atoms with E-state index in [4.69, 9.17) is 23.7 Å². The van der Waals surface area contributed by atoms with Crippen LogP contribution in [0.2, 0.25) is 0 Å². The second-order valence-electron chi connectivity index (χ2n) is 7.38. The number of carbonyl (C=O) groups excluding carboxylic acids is 2. The molecule has 34 heavy (non-hydrogen) atoms. The van der Waals surface area contributed by atoms with Crippen LogP contribution < -0.4 is 24.3 Å². The number of carbonyl (C=O) groups is 2. The minimum atomic E-state index is -0.617. The number of ether oxygens (including phenoxy) is 5. The van der Waals surface area contributed by atoms with Gasteiger partial charge in [-0.2, -0.15) is 5.26 Å². The Morgan fingerprint density at radius 3 is 2.41 bits per heavy atom. The number of nitrogens with zero attached hydrogens (tertiary/aromatic N) is 1. The largest absolute Gasteiger partial charge is 0.493 e. The zero-order chi connectivity index (χ0) is 24.5. The Morgan fingerprint density at radius 2 is 1.76 bits per heavy atom. The van der Waals surface area contributed by atoms with Crippen molar-refractivity contribution in [2.45, 2.75) is 18.9 Å². The molecule has 1 fully saturated rings. The summed E-state index contributed by atoms with van der Waals surface area (Å²) >= 11 is 0. The van der Waals surface area contributed by atoms with E-state index in [0.29, 0.717) is 30.2 Å². The highest BCUT2D eigenvalue weighted by atomic mass is 16.6. The van der Waals surface area contributed by atoms with Crippen molar-refractivity contribution in [2.75, 3.05) is 34.5 Å². The van der Waals surface area contributed by atoms with Gasteiger partial charge < -0.3 is 29.0 Å². The maximum absolute atomic E-state index is 12.6. The fourth-order valence-electron chi connectivity index (χ4n) is 3.40. The van der Waals surface area contributed by atoms with Crippen LogP contribution in [0.15, 0.2) is 42.0 Å². The van der Waals surface area contributed by atoms with E-state index in [2.05, 4.69) is 5.32 Å². The standard InChI is InChI=1S/C25H26N2O7/c1-30-20-9-7-17(13-23(20)32-3)25(29)34-21-8-6-16(12-22(21)31-2)11-18(14-26)24(28)27-15-19-5-4-10-33-19/h6-9,11-13,19H,4-5,10,15H2,1-3H3,(H,27,28)/b18-11+/t19-/m1/s1. The van der Waals surface area contributed by atoms with E-state index in [1.165, 1.54) is 39.5 Å². The topological polar surface area (TPSA) is 116 Å². The van der Waals surface area contributed by atoms with Gasteiger partial charge in [-0.1, -0.05) is 6.07 Å². The predicted octanol–water partition coefficient (Wildman–Crippen LogP) is 3.13. The van der Waals surface area contributed by atoms with Crippen LogP contribution in [0.4, 0.5) is 0 Å². The number of hydrogen-bond acceptors (Lipinski definition) is 8. The highest BCUT2D eigenvalue weighted by Crippen LogP contribution is 2.31. The number of esters is 1. The van der Waals surface area contributed by atoms with E-state index in [0.717, 1.165) is 12.8 Å². The molecule has 1 saturated heterocycles. The maximum atomic E-state index is 12.6. The van der Waals surface area contributed by atoms with E-state index in [-0.39, 0.29) is 28.7 Å².